The van der Waals surface area contributed by atoms with Crippen molar-refractivity contribution in [2.45, 2.75) is 39.5 Å². The van der Waals surface area contributed by atoms with Crippen molar-refractivity contribution in [3.8, 4) is 0 Å². The Hall–Kier alpha value is -0.340. The number of thiophene rings is 1. The average Bonchev–Trinajstić information content (AvgIpc) is 2.68. The molecule has 0 aromatic carbocycles. The molecular weight excluding hydrogens is 202 g/mol. The molecule has 0 spiro atoms. The van der Waals surface area contributed by atoms with Crippen LogP contribution in [0.4, 0.5) is 0 Å². The van der Waals surface area contributed by atoms with E-state index in [1.165, 1.54) is 37.1 Å². The molecule has 0 fully saturated rings. The number of rotatable bonds is 8. The third-order valence-corrected chi connectivity index (χ3v) is 3.45. The molecule has 1 nitrogen and oxygen atoms in total. The summed E-state index contributed by atoms with van der Waals surface area (Å²) in [5.41, 5.74) is 0. The Kier molecular flexibility index (Phi) is 6.69. The molecule has 1 N–H and O–H groups in total. The zero-order valence-electron chi connectivity index (χ0n) is 9.96. The molecule has 2 heteroatoms. The lowest BCUT2D eigenvalue weighted by atomic mass is 10.1. The molecule has 0 unspecified atom stereocenters. The molecule has 0 saturated heterocycles. The highest BCUT2D eigenvalue weighted by molar-refractivity contribution is 7.09. The fraction of sp³-hybridized carbons (Fsp3) is 0.692. The quantitative estimate of drug-likeness (QED) is 0.665. The van der Waals surface area contributed by atoms with E-state index in [1.807, 2.05) is 11.3 Å². The van der Waals surface area contributed by atoms with Gasteiger partial charge in [0.1, 0.15) is 0 Å². The fourth-order valence-electron chi connectivity index (χ4n) is 1.59. The van der Waals surface area contributed by atoms with Gasteiger partial charge in [-0.1, -0.05) is 32.8 Å². The zero-order chi connectivity index (χ0) is 10.9. The summed E-state index contributed by atoms with van der Waals surface area (Å²) in [6.07, 6.45) is 5.24. The molecule has 0 aliphatic carbocycles. The first-order chi connectivity index (χ1) is 7.29. The lowest BCUT2D eigenvalue weighted by molar-refractivity contribution is 0.522. The Morgan fingerprint density at radius 3 is 2.80 bits per heavy atom. The van der Waals surface area contributed by atoms with Crippen molar-refractivity contribution in [3.05, 3.63) is 22.4 Å². The molecule has 15 heavy (non-hydrogen) atoms. The van der Waals surface area contributed by atoms with Gasteiger partial charge in [0.05, 0.1) is 0 Å². The summed E-state index contributed by atoms with van der Waals surface area (Å²) in [6.45, 7) is 6.90. The molecule has 86 valence electrons. The van der Waals surface area contributed by atoms with Crippen molar-refractivity contribution in [2.24, 2.45) is 5.92 Å². The van der Waals surface area contributed by atoms with E-state index in [4.69, 9.17) is 0 Å². The largest absolute Gasteiger partial charge is 0.316 e. The van der Waals surface area contributed by atoms with Gasteiger partial charge in [-0.2, -0.15) is 0 Å². The molecule has 0 radical (unpaired) electrons. The summed E-state index contributed by atoms with van der Waals surface area (Å²) >= 11 is 1.86. The standard InChI is InChI=1S/C13H23NS/c1-12(2)6-3-4-9-14-10-8-13-7-5-11-15-13/h5,7,11-12,14H,3-4,6,8-10H2,1-2H3. The van der Waals surface area contributed by atoms with Gasteiger partial charge in [-0.3, -0.25) is 0 Å². The maximum absolute atomic E-state index is 3.50. The molecule has 1 aromatic heterocycles. The third-order valence-electron chi connectivity index (χ3n) is 2.51. The summed E-state index contributed by atoms with van der Waals surface area (Å²) in [4.78, 5) is 1.49. The van der Waals surface area contributed by atoms with Crippen molar-refractivity contribution in [3.63, 3.8) is 0 Å². The van der Waals surface area contributed by atoms with Crippen molar-refractivity contribution >= 4 is 11.3 Å². The van der Waals surface area contributed by atoms with Crippen LogP contribution in [-0.2, 0) is 6.42 Å². The highest BCUT2D eigenvalue weighted by Crippen LogP contribution is 2.08. The van der Waals surface area contributed by atoms with Gasteiger partial charge in [0, 0.05) is 4.88 Å². The second-order valence-corrected chi connectivity index (χ2v) is 5.50. The van der Waals surface area contributed by atoms with Crippen LogP contribution in [0.2, 0.25) is 0 Å². The smallest absolute Gasteiger partial charge is 0.00578 e. The second kappa shape index (κ2) is 7.89. The summed E-state index contributed by atoms with van der Waals surface area (Å²) in [5.74, 6) is 0.858. The molecule has 1 rings (SSSR count). The fourth-order valence-corrected chi connectivity index (χ4v) is 2.30. The molecule has 0 aliphatic rings. The van der Waals surface area contributed by atoms with E-state index in [0.717, 1.165) is 12.5 Å². The lowest BCUT2D eigenvalue weighted by Crippen LogP contribution is -2.18. The predicted octanol–water partition coefficient (Wildman–Crippen LogP) is 3.71. The Morgan fingerprint density at radius 2 is 2.13 bits per heavy atom. The van der Waals surface area contributed by atoms with Crippen LogP contribution in [0.1, 0.15) is 38.0 Å². The van der Waals surface area contributed by atoms with Crippen LogP contribution in [0.3, 0.4) is 0 Å². The Balaban J connectivity index is 1.85. The van der Waals surface area contributed by atoms with Crippen LogP contribution < -0.4 is 5.32 Å². The van der Waals surface area contributed by atoms with Gasteiger partial charge >= 0.3 is 0 Å². The first-order valence-corrected chi connectivity index (χ1v) is 6.90. The highest BCUT2D eigenvalue weighted by atomic mass is 32.1. The van der Waals surface area contributed by atoms with E-state index >= 15 is 0 Å². The van der Waals surface area contributed by atoms with Crippen LogP contribution in [-0.4, -0.2) is 13.1 Å². The first-order valence-electron chi connectivity index (χ1n) is 6.02. The molecule has 0 bridgehead atoms. The Labute approximate surface area is 97.9 Å². The second-order valence-electron chi connectivity index (χ2n) is 4.47. The third kappa shape index (κ3) is 6.69. The summed E-state index contributed by atoms with van der Waals surface area (Å²) < 4.78 is 0. The minimum Gasteiger partial charge on any atom is -0.316 e. The van der Waals surface area contributed by atoms with Gasteiger partial charge in [0.25, 0.3) is 0 Å². The molecule has 0 aliphatic heterocycles. The molecule has 0 saturated carbocycles. The molecule has 0 atom stereocenters. The van der Waals surface area contributed by atoms with Crippen molar-refractivity contribution in [1.82, 2.24) is 5.32 Å². The van der Waals surface area contributed by atoms with Gasteiger partial charge < -0.3 is 5.32 Å². The van der Waals surface area contributed by atoms with E-state index in [1.54, 1.807) is 0 Å². The number of nitrogens with one attached hydrogen (secondary N) is 1. The Morgan fingerprint density at radius 1 is 1.27 bits per heavy atom. The van der Waals surface area contributed by atoms with Crippen molar-refractivity contribution < 1.29 is 0 Å². The van der Waals surface area contributed by atoms with Crippen LogP contribution in [0.25, 0.3) is 0 Å². The lowest BCUT2D eigenvalue weighted by Gasteiger charge is -2.05. The van der Waals surface area contributed by atoms with Crippen LogP contribution in [0.5, 0.6) is 0 Å². The minimum atomic E-state index is 0.858. The number of hydrogen-bond donors (Lipinski definition) is 1. The monoisotopic (exact) mass is 225 g/mol. The van der Waals surface area contributed by atoms with Crippen molar-refractivity contribution in [1.29, 1.82) is 0 Å². The van der Waals surface area contributed by atoms with E-state index in [2.05, 4.69) is 36.7 Å². The maximum Gasteiger partial charge on any atom is 0.00578 e. The normalized spacial score (nSPS) is 11.1. The van der Waals surface area contributed by atoms with Crippen LogP contribution in [0.15, 0.2) is 17.5 Å². The topological polar surface area (TPSA) is 12.0 Å². The minimum absolute atomic E-state index is 0.858. The molecule has 1 aromatic rings. The van der Waals surface area contributed by atoms with Gasteiger partial charge in [0.2, 0.25) is 0 Å². The van der Waals surface area contributed by atoms with E-state index < -0.39 is 0 Å². The van der Waals surface area contributed by atoms with Crippen molar-refractivity contribution in [2.75, 3.05) is 13.1 Å². The van der Waals surface area contributed by atoms with Gasteiger partial charge in [0.15, 0.2) is 0 Å². The van der Waals surface area contributed by atoms with Gasteiger partial charge in [-0.25, -0.2) is 0 Å². The van der Waals surface area contributed by atoms with Gasteiger partial charge in [-0.05, 0) is 43.3 Å². The molecular formula is C13H23NS. The Bertz CT molecular complexity index is 229. The number of hydrogen-bond acceptors (Lipinski definition) is 2. The maximum atomic E-state index is 3.50. The molecule has 0 amide bonds. The van der Waals surface area contributed by atoms with E-state index in [0.29, 0.717) is 0 Å². The molecule has 1 heterocycles. The van der Waals surface area contributed by atoms with E-state index in [-0.39, 0.29) is 0 Å². The highest BCUT2D eigenvalue weighted by Gasteiger charge is 1.95. The first kappa shape index (κ1) is 12.7. The SMILES string of the molecule is CC(C)CCCCNCCc1cccs1. The average molecular weight is 225 g/mol. The zero-order valence-corrected chi connectivity index (χ0v) is 10.8. The number of unbranched alkanes of at least 4 members (excludes halogenated alkanes) is 1. The van der Waals surface area contributed by atoms with E-state index in [9.17, 15) is 0 Å². The summed E-state index contributed by atoms with van der Waals surface area (Å²) in [6, 6.07) is 4.34. The van der Waals surface area contributed by atoms with Crippen LogP contribution in [0, 0.1) is 5.92 Å². The van der Waals surface area contributed by atoms with Gasteiger partial charge in [-0.15, -0.1) is 11.3 Å². The summed E-state index contributed by atoms with van der Waals surface area (Å²) in [7, 11) is 0. The van der Waals surface area contributed by atoms with Crippen LogP contribution >= 0.6 is 11.3 Å². The summed E-state index contributed by atoms with van der Waals surface area (Å²) in [5, 5.41) is 5.65. The predicted molar refractivity (Wildman–Crippen MR) is 69.6 cm³/mol.